The number of benzene rings is 1. The molecule has 1 aliphatic rings. The Kier molecular flexibility index (Phi) is 4.47. The van der Waals surface area contributed by atoms with Crippen LogP contribution >= 0.6 is 0 Å². The highest BCUT2D eigenvalue weighted by Crippen LogP contribution is 2.24. The first-order valence-corrected chi connectivity index (χ1v) is 9.38. The zero-order chi connectivity index (χ0) is 16.4. The van der Waals surface area contributed by atoms with Gasteiger partial charge in [-0.05, 0) is 19.1 Å². The van der Waals surface area contributed by atoms with Gasteiger partial charge < -0.3 is 4.42 Å². The summed E-state index contributed by atoms with van der Waals surface area (Å²) in [6.07, 6.45) is 1.25. The highest BCUT2D eigenvalue weighted by atomic mass is 32.2. The van der Waals surface area contributed by atoms with Crippen molar-refractivity contribution in [1.82, 2.24) is 19.4 Å². The normalized spacial score (nSPS) is 18.9. The van der Waals surface area contributed by atoms with Gasteiger partial charge in [0.1, 0.15) is 0 Å². The van der Waals surface area contributed by atoms with Crippen molar-refractivity contribution in [3.63, 3.8) is 0 Å². The van der Waals surface area contributed by atoms with Crippen molar-refractivity contribution in [2.45, 2.75) is 13.0 Å². The molecule has 0 bridgehead atoms. The highest BCUT2D eigenvalue weighted by Gasteiger charge is 2.28. The molecule has 1 fully saturated rings. The SMILES string of the molecule is C[C@@H](c1nnc(-c2ccccc2)o1)N1CCN(S(C)(=O)=O)CC1. The van der Waals surface area contributed by atoms with Crippen LogP contribution in [0.15, 0.2) is 34.7 Å². The van der Waals surface area contributed by atoms with Crippen molar-refractivity contribution in [2.75, 3.05) is 32.4 Å². The molecule has 1 aliphatic heterocycles. The Hall–Kier alpha value is -1.77. The Morgan fingerprint density at radius 2 is 1.74 bits per heavy atom. The molecular weight excluding hydrogens is 316 g/mol. The van der Waals surface area contributed by atoms with E-state index in [0.29, 0.717) is 38.0 Å². The number of rotatable bonds is 4. The van der Waals surface area contributed by atoms with Gasteiger partial charge in [-0.15, -0.1) is 10.2 Å². The van der Waals surface area contributed by atoms with Crippen LogP contribution in [0.2, 0.25) is 0 Å². The number of aromatic nitrogens is 2. The molecular formula is C15H20N4O3S. The van der Waals surface area contributed by atoms with Crippen LogP contribution in [-0.2, 0) is 10.0 Å². The minimum absolute atomic E-state index is 0.0401. The summed E-state index contributed by atoms with van der Waals surface area (Å²) in [7, 11) is -3.12. The number of piperazine rings is 1. The Labute approximate surface area is 136 Å². The Morgan fingerprint density at radius 3 is 2.35 bits per heavy atom. The van der Waals surface area contributed by atoms with Crippen LogP contribution in [-0.4, -0.2) is 60.3 Å². The zero-order valence-corrected chi connectivity index (χ0v) is 14.0. The predicted octanol–water partition coefficient (Wildman–Crippen LogP) is 1.37. The summed E-state index contributed by atoms with van der Waals surface area (Å²) in [5.41, 5.74) is 0.889. The van der Waals surface area contributed by atoms with Crippen molar-refractivity contribution < 1.29 is 12.8 Å². The molecule has 8 heteroatoms. The molecule has 0 unspecified atom stereocenters. The zero-order valence-electron chi connectivity index (χ0n) is 13.2. The molecule has 0 radical (unpaired) electrons. The molecule has 7 nitrogen and oxygen atoms in total. The van der Waals surface area contributed by atoms with Gasteiger partial charge in [0.2, 0.25) is 21.8 Å². The van der Waals surface area contributed by atoms with Crippen molar-refractivity contribution in [3.05, 3.63) is 36.2 Å². The second-order valence-electron chi connectivity index (χ2n) is 5.69. The van der Waals surface area contributed by atoms with Gasteiger partial charge in [0.05, 0.1) is 12.3 Å². The van der Waals surface area contributed by atoms with Crippen LogP contribution in [0, 0.1) is 0 Å². The molecule has 0 aliphatic carbocycles. The van der Waals surface area contributed by atoms with Crippen molar-refractivity contribution in [3.8, 4) is 11.5 Å². The molecule has 2 heterocycles. The molecule has 0 N–H and O–H groups in total. The number of nitrogens with zero attached hydrogens (tertiary/aromatic N) is 4. The van der Waals surface area contributed by atoms with Crippen molar-refractivity contribution >= 4 is 10.0 Å². The molecule has 1 atom stereocenters. The van der Waals surface area contributed by atoms with Crippen LogP contribution in [0.4, 0.5) is 0 Å². The Balaban J connectivity index is 1.68. The summed E-state index contributed by atoms with van der Waals surface area (Å²) >= 11 is 0. The average Bonchev–Trinajstić information content (AvgIpc) is 3.04. The van der Waals surface area contributed by atoms with Gasteiger partial charge in [0.15, 0.2) is 0 Å². The van der Waals surface area contributed by atoms with E-state index in [9.17, 15) is 8.42 Å². The van der Waals surface area contributed by atoms with Gasteiger partial charge in [-0.1, -0.05) is 18.2 Å². The third kappa shape index (κ3) is 3.60. The van der Waals surface area contributed by atoms with Crippen molar-refractivity contribution in [2.24, 2.45) is 0 Å². The lowest BCUT2D eigenvalue weighted by molar-refractivity contribution is 0.130. The topological polar surface area (TPSA) is 79.5 Å². The molecule has 3 rings (SSSR count). The molecule has 0 amide bonds. The van der Waals surface area contributed by atoms with E-state index in [1.165, 1.54) is 10.6 Å². The fourth-order valence-corrected chi connectivity index (χ4v) is 3.51. The summed E-state index contributed by atoms with van der Waals surface area (Å²) in [6, 6.07) is 9.59. The third-order valence-electron chi connectivity index (χ3n) is 4.11. The monoisotopic (exact) mass is 336 g/mol. The van der Waals surface area contributed by atoms with Crippen LogP contribution in [0.3, 0.4) is 0 Å². The van der Waals surface area contributed by atoms with Gasteiger partial charge >= 0.3 is 0 Å². The van der Waals surface area contributed by atoms with Gasteiger partial charge in [0, 0.05) is 31.7 Å². The van der Waals surface area contributed by atoms with Gasteiger partial charge in [-0.2, -0.15) is 4.31 Å². The van der Waals surface area contributed by atoms with Crippen LogP contribution in [0.1, 0.15) is 18.9 Å². The fraction of sp³-hybridized carbons (Fsp3) is 0.467. The predicted molar refractivity (Wildman–Crippen MR) is 86.1 cm³/mol. The molecule has 1 aromatic carbocycles. The first-order chi connectivity index (χ1) is 10.9. The van der Waals surface area contributed by atoms with Crippen LogP contribution < -0.4 is 0 Å². The summed E-state index contributed by atoms with van der Waals surface area (Å²) < 4.78 is 30.4. The average molecular weight is 336 g/mol. The maximum atomic E-state index is 11.6. The largest absolute Gasteiger partial charge is 0.419 e. The van der Waals surface area contributed by atoms with Gasteiger partial charge in [-0.25, -0.2) is 8.42 Å². The molecule has 2 aromatic rings. The standard InChI is InChI=1S/C15H20N4O3S/c1-12(18-8-10-19(11-9-18)23(2,20)21)14-16-17-15(22-14)13-6-4-3-5-7-13/h3-7,12H,8-11H2,1-2H3/t12-/m0/s1. The Morgan fingerprint density at radius 1 is 1.09 bits per heavy atom. The molecule has 0 saturated carbocycles. The van der Waals surface area contributed by atoms with Crippen LogP contribution in [0.25, 0.3) is 11.5 Å². The first-order valence-electron chi connectivity index (χ1n) is 7.53. The molecule has 1 aromatic heterocycles. The van der Waals surface area contributed by atoms with E-state index in [-0.39, 0.29) is 6.04 Å². The van der Waals surface area contributed by atoms with E-state index in [0.717, 1.165) is 5.56 Å². The van der Waals surface area contributed by atoms with Gasteiger partial charge in [0.25, 0.3) is 0 Å². The Bertz CT molecular complexity index is 752. The smallest absolute Gasteiger partial charge is 0.247 e. The molecule has 23 heavy (non-hydrogen) atoms. The van der Waals surface area contributed by atoms with E-state index < -0.39 is 10.0 Å². The van der Waals surface area contributed by atoms with Crippen LogP contribution in [0.5, 0.6) is 0 Å². The van der Waals surface area contributed by atoms with E-state index in [2.05, 4.69) is 15.1 Å². The summed E-state index contributed by atoms with van der Waals surface area (Å²) in [5.74, 6) is 1.05. The second kappa shape index (κ2) is 6.38. The highest BCUT2D eigenvalue weighted by molar-refractivity contribution is 7.88. The minimum Gasteiger partial charge on any atom is -0.419 e. The first kappa shape index (κ1) is 16.1. The minimum atomic E-state index is -3.12. The second-order valence-corrected chi connectivity index (χ2v) is 7.67. The number of hydrogen-bond donors (Lipinski definition) is 0. The third-order valence-corrected chi connectivity index (χ3v) is 5.41. The lowest BCUT2D eigenvalue weighted by Crippen LogP contribution is -2.48. The fourth-order valence-electron chi connectivity index (χ4n) is 2.68. The summed E-state index contributed by atoms with van der Waals surface area (Å²) in [5, 5.41) is 8.25. The van der Waals surface area contributed by atoms with E-state index in [4.69, 9.17) is 4.42 Å². The molecule has 124 valence electrons. The maximum Gasteiger partial charge on any atom is 0.247 e. The summed E-state index contributed by atoms with van der Waals surface area (Å²) in [4.78, 5) is 2.16. The number of hydrogen-bond acceptors (Lipinski definition) is 6. The number of sulfonamides is 1. The lowest BCUT2D eigenvalue weighted by atomic mass is 10.2. The van der Waals surface area contributed by atoms with E-state index in [1.807, 2.05) is 37.3 Å². The quantitative estimate of drug-likeness (QED) is 0.839. The van der Waals surface area contributed by atoms with Gasteiger partial charge in [-0.3, -0.25) is 4.90 Å². The lowest BCUT2D eigenvalue weighted by Gasteiger charge is -2.35. The van der Waals surface area contributed by atoms with E-state index >= 15 is 0 Å². The maximum absolute atomic E-state index is 11.6. The molecule has 1 saturated heterocycles. The van der Waals surface area contributed by atoms with E-state index in [1.54, 1.807) is 0 Å². The van der Waals surface area contributed by atoms with Crippen molar-refractivity contribution in [1.29, 1.82) is 0 Å². The summed E-state index contributed by atoms with van der Waals surface area (Å²) in [6.45, 7) is 4.28. The molecule has 0 spiro atoms.